The average molecular weight is 309 g/mol. The van der Waals surface area contributed by atoms with Gasteiger partial charge in [0, 0.05) is 12.7 Å². The normalized spacial score (nSPS) is 16.0. The summed E-state index contributed by atoms with van der Waals surface area (Å²) >= 11 is 0. The number of amides is 2. The number of ether oxygens (including phenoxy) is 1. The molecule has 1 aromatic rings. The van der Waals surface area contributed by atoms with Crippen molar-refractivity contribution < 1.29 is 24.5 Å². The highest BCUT2D eigenvalue weighted by molar-refractivity contribution is 5.91. The molecule has 1 aromatic carbocycles. The standard InChI is InChI=1S/C14H19N3O5/c1-14(21,12(18)19)8-15-13(20)16-9-3-4-11-10(7-9)17(2)5-6-22-11/h3-4,7,21H,5-6,8H2,1-2H3,(H,18,19)(H2,15,16,20). The van der Waals surface area contributed by atoms with Crippen LogP contribution >= 0.6 is 0 Å². The largest absolute Gasteiger partial charge is 0.490 e. The summed E-state index contributed by atoms with van der Waals surface area (Å²) in [5.74, 6) is -0.658. The number of aliphatic carboxylic acids is 1. The van der Waals surface area contributed by atoms with Gasteiger partial charge < -0.3 is 30.5 Å². The Kier molecular flexibility index (Phi) is 4.41. The van der Waals surface area contributed by atoms with Crippen molar-refractivity contribution in [3.63, 3.8) is 0 Å². The summed E-state index contributed by atoms with van der Waals surface area (Å²) in [4.78, 5) is 24.5. The number of carbonyl (C=O) groups excluding carboxylic acids is 1. The molecule has 2 rings (SSSR count). The third-order valence-electron chi connectivity index (χ3n) is 3.37. The minimum atomic E-state index is -2.01. The van der Waals surface area contributed by atoms with Gasteiger partial charge in [-0.05, 0) is 25.1 Å². The summed E-state index contributed by atoms with van der Waals surface area (Å²) in [6.45, 7) is 2.08. The fourth-order valence-electron chi connectivity index (χ4n) is 1.93. The Morgan fingerprint density at radius 1 is 1.45 bits per heavy atom. The molecule has 0 bridgehead atoms. The van der Waals surface area contributed by atoms with Gasteiger partial charge in [0.05, 0.1) is 18.8 Å². The van der Waals surface area contributed by atoms with Crippen LogP contribution in [0.1, 0.15) is 6.92 Å². The molecular weight excluding hydrogens is 290 g/mol. The Morgan fingerprint density at radius 3 is 2.86 bits per heavy atom. The lowest BCUT2D eigenvalue weighted by molar-refractivity contribution is -0.155. The zero-order chi connectivity index (χ0) is 16.3. The Bertz CT molecular complexity index is 588. The number of hydrogen-bond acceptors (Lipinski definition) is 5. The van der Waals surface area contributed by atoms with Crippen LogP contribution in [-0.4, -0.2) is 54.6 Å². The molecule has 0 aliphatic carbocycles. The molecule has 1 aliphatic rings. The molecule has 0 saturated heterocycles. The zero-order valence-electron chi connectivity index (χ0n) is 12.4. The molecular formula is C14H19N3O5. The highest BCUT2D eigenvalue weighted by atomic mass is 16.5. The van der Waals surface area contributed by atoms with E-state index in [0.29, 0.717) is 12.3 Å². The molecule has 120 valence electrons. The number of hydrogen-bond donors (Lipinski definition) is 4. The second-order valence-electron chi connectivity index (χ2n) is 5.34. The van der Waals surface area contributed by atoms with Gasteiger partial charge in [0.15, 0.2) is 5.60 Å². The Morgan fingerprint density at radius 2 is 2.18 bits per heavy atom. The smallest absolute Gasteiger partial charge is 0.337 e. The number of benzene rings is 1. The molecule has 1 aliphatic heterocycles. The van der Waals surface area contributed by atoms with Crippen molar-refractivity contribution in [2.45, 2.75) is 12.5 Å². The molecule has 2 amide bonds. The Labute approximate surface area is 127 Å². The van der Waals surface area contributed by atoms with Gasteiger partial charge in [-0.2, -0.15) is 0 Å². The van der Waals surface area contributed by atoms with Crippen molar-refractivity contribution in [2.24, 2.45) is 0 Å². The number of aliphatic hydroxyl groups is 1. The lowest BCUT2D eigenvalue weighted by atomic mass is 10.1. The van der Waals surface area contributed by atoms with Gasteiger partial charge in [-0.1, -0.05) is 0 Å². The summed E-state index contributed by atoms with van der Waals surface area (Å²) in [5, 5.41) is 23.2. The van der Waals surface area contributed by atoms with Gasteiger partial charge in [-0.25, -0.2) is 9.59 Å². The van der Waals surface area contributed by atoms with E-state index >= 15 is 0 Å². The van der Waals surface area contributed by atoms with Gasteiger partial charge in [-0.15, -0.1) is 0 Å². The molecule has 0 aromatic heterocycles. The number of carboxylic acids is 1. The minimum absolute atomic E-state index is 0.401. The summed E-state index contributed by atoms with van der Waals surface area (Å²) in [6, 6.07) is 4.62. The summed E-state index contributed by atoms with van der Waals surface area (Å²) in [5.41, 5.74) is -0.605. The van der Waals surface area contributed by atoms with Crippen molar-refractivity contribution in [1.82, 2.24) is 5.32 Å². The van der Waals surface area contributed by atoms with Crippen LogP contribution in [0, 0.1) is 0 Å². The van der Waals surface area contributed by atoms with E-state index in [1.165, 1.54) is 0 Å². The lowest BCUT2D eigenvalue weighted by Gasteiger charge is -2.28. The molecule has 0 saturated carbocycles. The van der Waals surface area contributed by atoms with E-state index in [4.69, 9.17) is 9.84 Å². The van der Waals surface area contributed by atoms with Crippen molar-refractivity contribution in [3.05, 3.63) is 18.2 Å². The lowest BCUT2D eigenvalue weighted by Crippen LogP contribution is -2.47. The third-order valence-corrected chi connectivity index (χ3v) is 3.37. The predicted molar refractivity (Wildman–Crippen MR) is 80.5 cm³/mol. The van der Waals surface area contributed by atoms with Gasteiger partial charge in [0.2, 0.25) is 0 Å². The maximum absolute atomic E-state index is 11.8. The van der Waals surface area contributed by atoms with Crippen LogP contribution in [0.4, 0.5) is 16.2 Å². The monoisotopic (exact) mass is 309 g/mol. The number of nitrogens with one attached hydrogen (secondary N) is 2. The topological polar surface area (TPSA) is 111 Å². The molecule has 4 N–H and O–H groups in total. The van der Waals surface area contributed by atoms with E-state index in [-0.39, 0.29) is 0 Å². The first-order valence-corrected chi connectivity index (χ1v) is 6.78. The highest BCUT2D eigenvalue weighted by Crippen LogP contribution is 2.33. The zero-order valence-corrected chi connectivity index (χ0v) is 12.4. The van der Waals surface area contributed by atoms with Gasteiger partial charge in [0.1, 0.15) is 12.4 Å². The molecule has 8 heteroatoms. The number of likely N-dealkylation sites (N-methyl/N-ethyl adjacent to an activating group) is 1. The van der Waals surface area contributed by atoms with Crippen LogP contribution in [0.15, 0.2) is 18.2 Å². The van der Waals surface area contributed by atoms with E-state index < -0.39 is 24.1 Å². The van der Waals surface area contributed by atoms with Crippen LogP contribution in [0.3, 0.4) is 0 Å². The fraction of sp³-hybridized carbons (Fsp3) is 0.429. The number of urea groups is 1. The summed E-state index contributed by atoms with van der Waals surface area (Å²) in [6.07, 6.45) is 0. The van der Waals surface area contributed by atoms with E-state index in [9.17, 15) is 14.7 Å². The molecule has 0 fully saturated rings. The molecule has 1 unspecified atom stereocenters. The first kappa shape index (κ1) is 15.9. The number of carboxylic acid groups (broad SMARTS) is 1. The van der Waals surface area contributed by atoms with Crippen LogP contribution in [-0.2, 0) is 4.79 Å². The van der Waals surface area contributed by atoms with E-state index in [1.54, 1.807) is 18.2 Å². The van der Waals surface area contributed by atoms with Crippen LogP contribution < -0.4 is 20.3 Å². The molecule has 8 nitrogen and oxygen atoms in total. The number of nitrogens with zero attached hydrogens (tertiary/aromatic N) is 1. The first-order valence-electron chi connectivity index (χ1n) is 6.78. The number of fused-ring (bicyclic) bond motifs is 1. The summed E-state index contributed by atoms with van der Waals surface area (Å²) < 4.78 is 5.50. The van der Waals surface area contributed by atoms with Gasteiger partial charge in [-0.3, -0.25) is 0 Å². The second kappa shape index (κ2) is 6.10. The number of anilines is 2. The quantitative estimate of drug-likeness (QED) is 0.643. The van der Waals surface area contributed by atoms with E-state index in [0.717, 1.165) is 24.9 Å². The minimum Gasteiger partial charge on any atom is -0.490 e. The van der Waals surface area contributed by atoms with Crippen molar-refractivity contribution in [2.75, 3.05) is 37.0 Å². The molecule has 1 atom stereocenters. The Hall–Kier alpha value is -2.48. The molecule has 0 spiro atoms. The van der Waals surface area contributed by atoms with Gasteiger partial charge >= 0.3 is 12.0 Å². The first-order chi connectivity index (χ1) is 10.3. The van der Waals surface area contributed by atoms with Gasteiger partial charge in [0.25, 0.3) is 0 Å². The number of carbonyl (C=O) groups is 2. The molecule has 22 heavy (non-hydrogen) atoms. The maximum atomic E-state index is 11.8. The maximum Gasteiger partial charge on any atom is 0.337 e. The van der Waals surface area contributed by atoms with E-state index in [1.807, 2.05) is 11.9 Å². The SMILES string of the molecule is CN1CCOc2ccc(NC(=O)NCC(C)(O)C(=O)O)cc21. The molecule has 0 radical (unpaired) electrons. The predicted octanol–water partition coefficient (Wildman–Crippen LogP) is 0.472. The summed E-state index contributed by atoms with van der Waals surface area (Å²) in [7, 11) is 1.93. The average Bonchev–Trinajstić information content (AvgIpc) is 2.46. The third kappa shape index (κ3) is 3.59. The van der Waals surface area contributed by atoms with Crippen LogP contribution in [0.25, 0.3) is 0 Å². The highest BCUT2D eigenvalue weighted by Gasteiger charge is 2.30. The number of rotatable bonds is 4. The van der Waals surface area contributed by atoms with E-state index in [2.05, 4.69) is 10.6 Å². The van der Waals surface area contributed by atoms with Crippen molar-refractivity contribution >= 4 is 23.4 Å². The Balaban J connectivity index is 1.98. The molecule has 1 heterocycles. The second-order valence-corrected chi connectivity index (χ2v) is 5.34. The van der Waals surface area contributed by atoms with Crippen molar-refractivity contribution in [1.29, 1.82) is 0 Å². The van der Waals surface area contributed by atoms with Crippen molar-refractivity contribution in [3.8, 4) is 5.75 Å². The van der Waals surface area contributed by atoms with Crippen LogP contribution in [0.2, 0.25) is 0 Å². The van der Waals surface area contributed by atoms with Crippen LogP contribution in [0.5, 0.6) is 5.75 Å². The fourth-order valence-corrected chi connectivity index (χ4v) is 1.93.